The molecule has 0 radical (unpaired) electrons. The summed E-state index contributed by atoms with van der Waals surface area (Å²) in [6, 6.07) is 19.2. The van der Waals surface area contributed by atoms with E-state index in [-0.39, 0.29) is 37.1 Å². The molecule has 1 fully saturated rings. The number of halogens is 1. The molecule has 0 spiro atoms. The number of phenols is 2. The van der Waals surface area contributed by atoms with E-state index >= 15 is 0 Å². The van der Waals surface area contributed by atoms with Crippen molar-refractivity contribution in [2.75, 3.05) is 26.2 Å². The Hall–Kier alpha value is -3.06. The second-order valence-electron chi connectivity index (χ2n) is 8.64. The zero-order chi connectivity index (χ0) is 23.5. The Kier molecular flexibility index (Phi) is 9.37. The molecule has 1 saturated heterocycles. The number of thiophene rings is 1. The van der Waals surface area contributed by atoms with Gasteiger partial charge in [0.2, 0.25) is 0 Å². The number of ketones is 1. The predicted octanol–water partition coefficient (Wildman–Crippen LogP) is 7.13. The predicted molar refractivity (Wildman–Crippen MR) is 150 cm³/mol. The number of benzene rings is 3. The van der Waals surface area contributed by atoms with Gasteiger partial charge in [0.15, 0.2) is 5.78 Å². The molecule has 7 heteroatoms. The van der Waals surface area contributed by atoms with Gasteiger partial charge >= 0.3 is 0 Å². The SMILES string of the molecule is C.Cl.O=C(c1ccc(OCCN2CCCCC2)cc1)c1c(-c2ccc(O)cc2)sc2cc(O)ccc12. The third-order valence-electron chi connectivity index (χ3n) is 6.27. The molecule has 2 N–H and O–H groups in total. The van der Waals surface area contributed by atoms with Crippen LogP contribution in [-0.4, -0.2) is 47.1 Å². The lowest BCUT2D eigenvalue weighted by molar-refractivity contribution is 0.104. The molecule has 4 aromatic rings. The van der Waals surface area contributed by atoms with Crippen LogP contribution in [0.1, 0.15) is 42.6 Å². The molecule has 2 heterocycles. The Labute approximate surface area is 222 Å². The molecule has 0 saturated carbocycles. The number of fused-ring (bicyclic) bond motifs is 1. The molecule has 0 amide bonds. The molecule has 1 aliphatic heterocycles. The minimum absolute atomic E-state index is 0. The van der Waals surface area contributed by atoms with E-state index in [4.69, 9.17) is 4.74 Å². The van der Waals surface area contributed by atoms with Crippen LogP contribution in [0.25, 0.3) is 20.5 Å². The highest BCUT2D eigenvalue weighted by molar-refractivity contribution is 7.22. The summed E-state index contributed by atoms with van der Waals surface area (Å²) in [4.78, 5) is 16.9. The molecule has 3 aromatic carbocycles. The zero-order valence-corrected chi connectivity index (χ0v) is 20.9. The number of hydrogen-bond donors (Lipinski definition) is 2. The molecule has 0 unspecified atom stereocenters. The summed E-state index contributed by atoms with van der Waals surface area (Å²) in [5.74, 6) is 1.01. The van der Waals surface area contributed by atoms with Crippen molar-refractivity contribution >= 4 is 39.6 Å². The summed E-state index contributed by atoms with van der Waals surface area (Å²) in [5.41, 5.74) is 2.03. The van der Waals surface area contributed by atoms with E-state index in [0.29, 0.717) is 17.7 Å². The topological polar surface area (TPSA) is 70.0 Å². The van der Waals surface area contributed by atoms with Crippen LogP contribution in [0, 0.1) is 0 Å². The smallest absolute Gasteiger partial charge is 0.195 e. The standard InChI is InChI=1S/C28H27NO4S.CH4.ClH/c30-21-8-4-20(5-9-21)28-26(24-13-10-22(31)18-25(24)34-28)27(32)19-6-11-23(12-7-19)33-17-16-29-14-2-1-3-15-29;;/h4-13,18,30-31H,1-3,14-17H2;1H4;1H. The van der Waals surface area contributed by atoms with E-state index in [1.807, 2.05) is 24.3 Å². The van der Waals surface area contributed by atoms with Crippen LogP contribution in [0.4, 0.5) is 0 Å². The average Bonchev–Trinajstić information content (AvgIpc) is 3.23. The number of rotatable bonds is 7. The molecule has 0 aliphatic carbocycles. The number of ether oxygens (including phenoxy) is 1. The first-order chi connectivity index (χ1) is 16.6. The van der Waals surface area contributed by atoms with E-state index in [1.165, 1.54) is 30.6 Å². The van der Waals surface area contributed by atoms with Crippen LogP contribution in [0.3, 0.4) is 0 Å². The van der Waals surface area contributed by atoms with Gasteiger partial charge in [0.05, 0.1) is 0 Å². The molecule has 5 nitrogen and oxygen atoms in total. The summed E-state index contributed by atoms with van der Waals surface area (Å²) in [5, 5.41) is 20.4. The monoisotopic (exact) mass is 525 g/mol. The van der Waals surface area contributed by atoms with Crippen LogP contribution in [0.5, 0.6) is 17.2 Å². The first-order valence-electron chi connectivity index (χ1n) is 11.6. The van der Waals surface area contributed by atoms with Crippen LogP contribution in [-0.2, 0) is 0 Å². The maximum Gasteiger partial charge on any atom is 0.195 e. The highest BCUT2D eigenvalue weighted by Crippen LogP contribution is 2.41. The molecule has 0 atom stereocenters. The van der Waals surface area contributed by atoms with Gasteiger partial charge in [-0.25, -0.2) is 0 Å². The van der Waals surface area contributed by atoms with Crippen molar-refractivity contribution in [3.63, 3.8) is 0 Å². The lowest BCUT2D eigenvalue weighted by Gasteiger charge is -2.26. The Morgan fingerprint density at radius 1 is 0.889 bits per heavy atom. The first-order valence-corrected chi connectivity index (χ1v) is 12.4. The molecule has 0 bridgehead atoms. The van der Waals surface area contributed by atoms with E-state index in [2.05, 4.69) is 4.90 Å². The summed E-state index contributed by atoms with van der Waals surface area (Å²) in [6.45, 7) is 3.85. The van der Waals surface area contributed by atoms with E-state index in [9.17, 15) is 15.0 Å². The molecule has 1 aliphatic rings. The highest BCUT2D eigenvalue weighted by Gasteiger charge is 2.22. The van der Waals surface area contributed by atoms with Gasteiger partial charge in [-0.2, -0.15) is 0 Å². The number of nitrogens with zero attached hydrogens (tertiary/aromatic N) is 1. The van der Waals surface area contributed by atoms with Crippen LogP contribution in [0.15, 0.2) is 66.7 Å². The number of likely N-dealkylation sites (tertiary alicyclic amines) is 1. The van der Waals surface area contributed by atoms with Crippen molar-refractivity contribution < 1.29 is 19.7 Å². The quantitative estimate of drug-likeness (QED) is 0.251. The number of hydrogen-bond acceptors (Lipinski definition) is 6. The van der Waals surface area contributed by atoms with E-state index in [1.54, 1.807) is 42.5 Å². The molecule has 190 valence electrons. The Morgan fingerprint density at radius 2 is 1.56 bits per heavy atom. The average molecular weight is 526 g/mol. The van der Waals surface area contributed by atoms with Crippen molar-refractivity contribution in [1.29, 1.82) is 0 Å². The third-order valence-corrected chi connectivity index (χ3v) is 7.47. The van der Waals surface area contributed by atoms with Gasteiger partial charge in [-0.3, -0.25) is 9.69 Å². The number of piperidine rings is 1. The number of phenolic OH excluding ortho intramolecular Hbond substituents is 2. The molecule has 1 aromatic heterocycles. The molecule has 5 rings (SSSR count). The minimum Gasteiger partial charge on any atom is -0.508 e. The summed E-state index contributed by atoms with van der Waals surface area (Å²) >= 11 is 1.46. The van der Waals surface area contributed by atoms with Gasteiger partial charge in [0.1, 0.15) is 23.9 Å². The fourth-order valence-electron chi connectivity index (χ4n) is 4.45. The van der Waals surface area contributed by atoms with Crippen molar-refractivity contribution in [3.8, 4) is 27.7 Å². The second-order valence-corrected chi connectivity index (χ2v) is 9.69. The van der Waals surface area contributed by atoms with Crippen LogP contribution in [0.2, 0.25) is 0 Å². The second kappa shape index (κ2) is 12.3. The Bertz CT molecular complexity index is 1300. The number of carbonyl (C=O) groups is 1. The molecule has 36 heavy (non-hydrogen) atoms. The lowest BCUT2D eigenvalue weighted by atomic mass is 9.97. The lowest BCUT2D eigenvalue weighted by Crippen LogP contribution is -2.33. The van der Waals surface area contributed by atoms with Crippen molar-refractivity contribution in [2.24, 2.45) is 0 Å². The van der Waals surface area contributed by atoms with Gasteiger partial charge in [0.25, 0.3) is 0 Å². The zero-order valence-electron chi connectivity index (χ0n) is 19.3. The fourth-order valence-corrected chi connectivity index (χ4v) is 5.69. The van der Waals surface area contributed by atoms with Gasteiger partial charge < -0.3 is 14.9 Å². The van der Waals surface area contributed by atoms with E-state index < -0.39 is 0 Å². The number of aromatic hydroxyl groups is 2. The summed E-state index contributed by atoms with van der Waals surface area (Å²) < 4.78 is 6.76. The van der Waals surface area contributed by atoms with Crippen molar-refractivity contribution in [3.05, 3.63) is 77.9 Å². The summed E-state index contributed by atoms with van der Waals surface area (Å²) in [6.07, 6.45) is 3.85. The Balaban J connectivity index is 0.00000180. The Morgan fingerprint density at radius 3 is 2.25 bits per heavy atom. The third kappa shape index (κ3) is 6.01. The highest BCUT2D eigenvalue weighted by atomic mass is 35.5. The maximum atomic E-state index is 13.6. The van der Waals surface area contributed by atoms with Crippen LogP contribution < -0.4 is 4.74 Å². The first kappa shape index (κ1) is 27.5. The molecular formula is C29H32ClNO4S. The molecular weight excluding hydrogens is 494 g/mol. The van der Waals surface area contributed by atoms with Gasteiger partial charge in [-0.05, 0) is 98.2 Å². The fraction of sp³-hybridized carbons (Fsp3) is 0.276. The maximum absolute atomic E-state index is 13.6. The van der Waals surface area contributed by atoms with Crippen molar-refractivity contribution in [1.82, 2.24) is 4.90 Å². The van der Waals surface area contributed by atoms with E-state index in [0.717, 1.165) is 45.9 Å². The van der Waals surface area contributed by atoms with Crippen LogP contribution >= 0.6 is 23.7 Å². The number of carbonyl (C=O) groups excluding carboxylic acids is 1. The van der Waals surface area contributed by atoms with Gasteiger partial charge in [-0.15, -0.1) is 23.7 Å². The van der Waals surface area contributed by atoms with Gasteiger partial charge in [-0.1, -0.05) is 13.8 Å². The normalized spacial score (nSPS) is 13.6. The minimum atomic E-state index is -0.0834. The largest absolute Gasteiger partial charge is 0.508 e. The van der Waals surface area contributed by atoms with Gasteiger partial charge in [0, 0.05) is 32.6 Å². The summed E-state index contributed by atoms with van der Waals surface area (Å²) in [7, 11) is 0. The van der Waals surface area contributed by atoms with Crippen molar-refractivity contribution in [2.45, 2.75) is 26.7 Å².